The summed E-state index contributed by atoms with van der Waals surface area (Å²) in [6, 6.07) is 0.392. The zero-order valence-electron chi connectivity index (χ0n) is 8.94. The van der Waals surface area contributed by atoms with Crippen molar-refractivity contribution in [3.8, 4) is 0 Å². The highest BCUT2D eigenvalue weighted by atomic mass is 35.5. The van der Waals surface area contributed by atoms with Gasteiger partial charge in [-0.1, -0.05) is 11.6 Å². The molecule has 3 rings (SSSR count). The van der Waals surface area contributed by atoms with Gasteiger partial charge >= 0.3 is 0 Å². The molecule has 0 aliphatic carbocycles. The summed E-state index contributed by atoms with van der Waals surface area (Å²) in [5.41, 5.74) is 0.419. The second kappa shape index (κ2) is 4.29. The Hall–Kier alpha value is -1.11. The molecule has 0 spiro atoms. The van der Waals surface area contributed by atoms with Gasteiger partial charge in [0, 0.05) is 24.2 Å². The van der Waals surface area contributed by atoms with Crippen molar-refractivity contribution in [2.24, 2.45) is 0 Å². The number of nitrogens with one attached hydrogen (secondary N) is 2. The molecule has 1 aliphatic heterocycles. The van der Waals surface area contributed by atoms with Gasteiger partial charge in [0.15, 0.2) is 15.8 Å². The number of imidazole rings is 1. The van der Waals surface area contributed by atoms with Crippen LogP contribution in [-0.2, 0) is 0 Å². The smallest absolute Gasteiger partial charge is 0.271 e. The summed E-state index contributed by atoms with van der Waals surface area (Å²) in [6.45, 7) is 1.66. The lowest BCUT2D eigenvalue weighted by atomic mass is 10.1. The molecule has 2 N–H and O–H groups in total. The van der Waals surface area contributed by atoms with Crippen LogP contribution in [0.15, 0.2) is 11.6 Å². The van der Waals surface area contributed by atoms with E-state index in [1.165, 1.54) is 11.3 Å². The Morgan fingerprint density at radius 2 is 2.59 bits per heavy atom. The van der Waals surface area contributed by atoms with Gasteiger partial charge < -0.3 is 10.6 Å². The summed E-state index contributed by atoms with van der Waals surface area (Å²) in [7, 11) is 0. The molecule has 90 valence electrons. The third kappa shape index (κ3) is 1.92. The van der Waals surface area contributed by atoms with Crippen LogP contribution in [0.1, 0.15) is 16.9 Å². The summed E-state index contributed by atoms with van der Waals surface area (Å²) in [5, 5.41) is 8.23. The van der Waals surface area contributed by atoms with E-state index in [-0.39, 0.29) is 11.1 Å². The summed E-state index contributed by atoms with van der Waals surface area (Å²) >= 11 is 7.42. The standard InChI is InChI=1S/C10H11ClN4OS/c11-8-7(15-3-4-17-10(15)14-8)9(16)13-5-6-1-2-12-6/h3-4,6,12H,1-2,5H2,(H,13,16). The third-order valence-electron chi connectivity index (χ3n) is 2.87. The highest BCUT2D eigenvalue weighted by Crippen LogP contribution is 2.21. The van der Waals surface area contributed by atoms with Gasteiger partial charge in [-0.05, 0) is 13.0 Å². The van der Waals surface area contributed by atoms with Crippen molar-refractivity contribution in [3.05, 3.63) is 22.4 Å². The van der Waals surface area contributed by atoms with E-state index in [9.17, 15) is 4.79 Å². The van der Waals surface area contributed by atoms with Gasteiger partial charge in [0.05, 0.1) is 0 Å². The molecular weight excluding hydrogens is 260 g/mol. The molecule has 1 aliphatic rings. The number of halogens is 1. The summed E-state index contributed by atoms with van der Waals surface area (Å²) in [6.07, 6.45) is 2.91. The number of hydrogen-bond donors (Lipinski definition) is 2. The molecule has 5 nitrogen and oxygen atoms in total. The molecule has 17 heavy (non-hydrogen) atoms. The Kier molecular flexibility index (Phi) is 2.78. The molecule has 0 saturated carbocycles. The minimum absolute atomic E-state index is 0.172. The topological polar surface area (TPSA) is 58.4 Å². The Labute approximate surface area is 107 Å². The maximum atomic E-state index is 12.0. The monoisotopic (exact) mass is 270 g/mol. The maximum Gasteiger partial charge on any atom is 0.271 e. The molecule has 1 atom stereocenters. The fourth-order valence-corrected chi connectivity index (χ4v) is 2.81. The molecule has 1 fully saturated rings. The van der Waals surface area contributed by atoms with Gasteiger partial charge in [0.2, 0.25) is 0 Å². The first-order chi connectivity index (χ1) is 8.25. The van der Waals surface area contributed by atoms with E-state index in [1.807, 2.05) is 5.38 Å². The van der Waals surface area contributed by atoms with Crippen LogP contribution in [0.5, 0.6) is 0 Å². The van der Waals surface area contributed by atoms with Crippen LogP contribution in [0.2, 0.25) is 5.15 Å². The van der Waals surface area contributed by atoms with Gasteiger partial charge in [-0.25, -0.2) is 4.98 Å². The van der Waals surface area contributed by atoms with Crippen molar-refractivity contribution in [1.82, 2.24) is 20.0 Å². The van der Waals surface area contributed by atoms with Gasteiger partial charge in [0.25, 0.3) is 5.91 Å². The van der Waals surface area contributed by atoms with E-state index in [2.05, 4.69) is 15.6 Å². The SMILES string of the molecule is O=C(NCC1CCN1)c1c(Cl)nc2sccn12. The van der Waals surface area contributed by atoms with Crippen molar-refractivity contribution in [2.45, 2.75) is 12.5 Å². The zero-order chi connectivity index (χ0) is 11.8. The number of nitrogens with zero attached hydrogens (tertiary/aromatic N) is 2. The van der Waals surface area contributed by atoms with Crippen molar-refractivity contribution in [3.63, 3.8) is 0 Å². The van der Waals surface area contributed by atoms with Crippen molar-refractivity contribution >= 4 is 33.8 Å². The van der Waals surface area contributed by atoms with E-state index in [4.69, 9.17) is 11.6 Å². The Bertz CT molecular complexity index is 560. The second-order valence-corrected chi connectivity index (χ2v) is 5.19. The minimum Gasteiger partial charge on any atom is -0.349 e. The quantitative estimate of drug-likeness (QED) is 0.879. The number of amides is 1. The number of rotatable bonds is 3. The van der Waals surface area contributed by atoms with Crippen molar-refractivity contribution in [1.29, 1.82) is 0 Å². The van der Waals surface area contributed by atoms with Crippen LogP contribution in [0.3, 0.4) is 0 Å². The van der Waals surface area contributed by atoms with E-state index >= 15 is 0 Å². The molecule has 1 amide bonds. The van der Waals surface area contributed by atoms with Crippen LogP contribution in [-0.4, -0.2) is 34.4 Å². The average Bonchev–Trinajstić information content (AvgIpc) is 2.74. The maximum absolute atomic E-state index is 12.0. The zero-order valence-corrected chi connectivity index (χ0v) is 10.5. The third-order valence-corrected chi connectivity index (χ3v) is 3.89. The number of hydrogen-bond acceptors (Lipinski definition) is 4. The van der Waals surface area contributed by atoms with Crippen LogP contribution < -0.4 is 10.6 Å². The van der Waals surface area contributed by atoms with E-state index < -0.39 is 0 Å². The predicted molar refractivity (Wildman–Crippen MR) is 66.8 cm³/mol. The van der Waals surface area contributed by atoms with Crippen LogP contribution >= 0.6 is 22.9 Å². The molecule has 0 aromatic carbocycles. The first-order valence-corrected chi connectivity index (χ1v) is 6.64. The number of aromatic nitrogens is 2. The molecule has 7 heteroatoms. The molecule has 3 heterocycles. The first-order valence-electron chi connectivity index (χ1n) is 5.38. The summed E-state index contributed by atoms with van der Waals surface area (Å²) in [5.74, 6) is -0.172. The van der Waals surface area contributed by atoms with E-state index in [0.29, 0.717) is 18.3 Å². The number of thiazole rings is 1. The first kappa shape index (κ1) is 11.0. The Morgan fingerprint density at radius 1 is 1.76 bits per heavy atom. The lowest BCUT2D eigenvalue weighted by molar-refractivity contribution is 0.0939. The molecular formula is C10H11ClN4OS. The lowest BCUT2D eigenvalue weighted by Gasteiger charge is -2.27. The fourth-order valence-electron chi connectivity index (χ4n) is 1.78. The molecule has 1 saturated heterocycles. The van der Waals surface area contributed by atoms with E-state index in [1.54, 1.807) is 10.6 Å². The molecule has 2 aromatic heterocycles. The fraction of sp³-hybridized carbons (Fsp3) is 0.400. The number of fused-ring (bicyclic) bond motifs is 1. The summed E-state index contributed by atoms with van der Waals surface area (Å²) < 4.78 is 1.72. The van der Waals surface area contributed by atoms with Gasteiger partial charge in [-0.2, -0.15) is 0 Å². The molecule has 0 radical (unpaired) electrons. The van der Waals surface area contributed by atoms with Crippen LogP contribution in [0, 0.1) is 0 Å². The normalized spacial score (nSPS) is 19.2. The molecule has 0 bridgehead atoms. The van der Waals surface area contributed by atoms with Crippen LogP contribution in [0.25, 0.3) is 4.96 Å². The van der Waals surface area contributed by atoms with Crippen molar-refractivity contribution in [2.75, 3.05) is 13.1 Å². The number of carbonyl (C=O) groups excluding carboxylic acids is 1. The Morgan fingerprint density at radius 3 is 3.29 bits per heavy atom. The number of carbonyl (C=O) groups is 1. The largest absolute Gasteiger partial charge is 0.349 e. The van der Waals surface area contributed by atoms with Crippen molar-refractivity contribution < 1.29 is 4.79 Å². The van der Waals surface area contributed by atoms with Crippen LogP contribution in [0.4, 0.5) is 0 Å². The lowest BCUT2D eigenvalue weighted by Crippen LogP contribution is -2.50. The average molecular weight is 271 g/mol. The molecule has 1 unspecified atom stereocenters. The van der Waals surface area contributed by atoms with Gasteiger partial charge in [0.1, 0.15) is 0 Å². The highest BCUT2D eigenvalue weighted by Gasteiger charge is 2.21. The summed E-state index contributed by atoms with van der Waals surface area (Å²) in [4.78, 5) is 16.9. The second-order valence-electron chi connectivity index (χ2n) is 3.96. The Balaban J connectivity index is 1.79. The van der Waals surface area contributed by atoms with E-state index in [0.717, 1.165) is 17.9 Å². The highest BCUT2D eigenvalue weighted by molar-refractivity contribution is 7.15. The van der Waals surface area contributed by atoms with Gasteiger partial charge in [-0.3, -0.25) is 9.20 Å². The predicted octanol–water partition coefficient (Wildman–Crippen LogP) is 1.14. The van der Waals surface area contributed by atoms with Gasteiger partial charge in [-0.15, -0.1) is 11.3 Å². The molecule has 2 aromatic rings. The minimum atomic E-state index is -0.172.